The molecule has 0 atom stereocenters. The highest BCUT2D eigenvalue weighted by molar-refractivity contribution is 9.10. The van der Waals surface area contributed by atoms with E-state index < -0.39 is 33.6 Å². The SMILES string of the molecule is O=C=Nc1ccc(Br)c(C(F)(F)F)c1C(F)(F)F. The highest BCUT2D eigenvalue weighted by Gasteiger charge is 2.46. The number of benzene rings is 1. The molecule has 0 N–H and O–H groups in total. The van der Waals surface area contributed by atoms with Gasteiger partial charge in [0.1, 0.15) is 0 Å². The largest absolute Gasteiger partial charge is 0.419 e. The molecular formula is C9H2BrF6NO. The summed E-state index contributed by atoms with van der Waals surface area (Å²) >= 11 is 2.40. The van der Waals surface area contributed by atoms with Crippen molar-refractivity contribution < 1.29 is 31.1 Å². The summed E-state index contributed by atoms with van der Waals surface area (Å²) in [6, 6.07) is 1.38. The summed E-state index contributed by atoms with van der Waals surface area (Å²) in [6.45, 7) is 0. The number of rotatable bonds is 1. The minimum Gasteiger partial charge on any atom is -0.211 e. The number of hydrogen-bond donors (Lipinski definition) is 0. The molecule has 1 rings (SSSR count). The lowest BCUT2D eigenvalue weighted by atomic mass is 10.0. The number of nitrogens with zero attached hydrogens (tertiary/aromatic N) is 1. The number of alkyl halides is 6. The smallest absolute Gasteiger partial charge is 0.211 e. The molecule has 9 heteroatoms. The van der Waals surface area contributed by atoms with Crippen LogP contribution in [0.3, 0.4) is 0 Å². The second kappa shape index (κ2) is 4.74. The lowest BCUT2D eigenvalue weighted by Crippen LogP contribution is -2.17. The maximum Gasteiger partial charge on any atom is 0.419 e. The van der Waals surface area contributed by atoms with Crippen molar-refractivity contribution in [2.45, 2.75) is 12.4 Å². The average molecular weight is 334 g/mol. The third-order valence-electron chi connectivity index (χ3n) is 1.87. The van der Waals surface area contributed by atoms with E-state index in [1.54, 1.807) is 0 Å². The van der Waals surface area contributed by atoms with Crippen molar-refractivity contribution in [3.8, 4) is 0 Å². The quantitative estimate of drug-likeness (QED) is 0.424. The zero-order valence-electron chi connectivity index (χ0n) is 8.16. The van der Waals surface area contributed by atoms with E-state index in [9.17, 15) is 31.1 Å². The molecule has 1 aromatic carbocycles. The van der Waals surface area contributed by atoms with Gasteiger partial charge in [0.15, 0.2) is 0 Å². The molecule has 98 valence electrons. The lowest BCUT2D eigenvalue weighted by Gasteiger charge is -2.18. The molecule has 0 saturated heterocycles. The Hall–Kier alpha value is -1.34. The second-order valence-electron chi connectivity index (χ2n) is 3.02. The van der Waals surface area contributed by atoms with Gasteiger partial charge in [-0.15, -0.1) is 0 Å². The van der Waals surface area contributed by atoms with Gasteiger partial charge in [0.25, 0.3) is 0 Å². The first-order valence-electron chi connectivity index (χ1n) is 4.13. The van der Waals surface area contributed by atoms with Crippen molar-refractivity contribution in [3.05, 3.63) is 27.7 Å². The van der Waals surface area contributed by atoms with Crippen molar-refractivity contribution in [2.24, 2.45) is 4.99 Å². The van der Waals surface area contributed by atoms with E-state index in [0.29, 0.717) is 6.07 Å². The van der Waals surface area contributed by atoms with E-state index in [1.807, 2.05) is 0 Å². The predicted molar refractivity (Wildman–Crippen MR) is 51.9 cm³/mol. The molecule has 0 aliphatic heterocycles. The molecule has 1 aromatic rings. The molecular weight excluding hydrogens is 332 g/mol. The molecule has 0 saturated carbocycles. The van der Waals surface area contributed by atoms with Gasteiger partial charge in [0.2, 0.25) is 6.08 Å². The summed E-state index contributed by atoms with van der Waals surface area (Å²) in [4.78, 5) is 12.6. The Labute approximate surface area is 104 Å². The van der Waals surface area contributed by atoms with Crippen LogP contribution in [-0.4, -0.2) is 6.08 Å². The maximum atomic E-state index is 12.6. The van der Waals surface area contributed by atoms with Crippen LogP contribution in [0.2, 0.25) is 0 Å². The molecule has 0 spiro atoms. The van der Waals surface area contributed by atoms with Crippen molar-refractivity contribution in [3.63, 3.8) is 0 Å². The predicted octanol–water partition coefficient (Wildman–Crippen LogP) is 4.45. The lowest BCUT2D eigenvalue weighted by molar-refractivity contribution is -0.162. The Balaban J connectivity index is 3.78. The fraction of sp³-hybridized carbons (Fsp3) is 0.222. The van der Waals surface area contributed by atoms with Gasteiger partial charge in [-0.05, 0) is 12.1 Å². The van der Waals surface area contributed by atoms with Crippen LogP contribution in [0.25, 0.3) is 0 Å². The molecule has 0 aliphatic rings. The summed E-state index contributed by atoms with van der Waals surface area (Å²) in [6.07, 6.45) is -9.75. The average Bonchev–Trinajstić information content (AvgIpc) is 2.17. The molecule has 0 aromatic heterocycles. The van der Waals surface area contributed by atoms with Gasteiger partial charge in [-0.3, -0.25) is 0 Å². The number of aliphatic imine (C=N–C) groups is 1. The van der Waals surface area contributed by atoms with Gasteiger partial charge >= 0.3 is 12.4 Å². The van der Waals surface area contributed by atoms with Crippen LogP contribution in [0.15, 0.2) is 21.6 Å². The summed E-state index contributed by atoms with van der Waals surface area (Å²) in [5, 5.41) is 0. The first-order valence-corrected chi connectivity index (χ1v) is 4.93. The fourth-order valence-electron chi connectivity index (χ4n) is 1.27. The summed E-state index contributed by atoms with van der Waals surface area (Å²) in [7, 11) is 0. The van der Waals surface area contributed by atoms with E-state index in [-0.39, 0.29) is 0 Å². The third-order valence-corrected chi connectivity index (χ3v) is 2.53. The fourth-order valence-corrected chi connectivity index (χ4v) is 1.83. The van der Waals surface area contributed by atoms with E-state index in [0.717, 1.165) is 12.1 Å². The van der Waals surface area contributed by atoms with Crippen molar-refractivity contribution >= 4 is 27.7 Å². The normalized spacial score (nSPS) is 12.2. The van der Waals surface area contributed by atoms with E-state index in [2.05, 4.69) is 20.9 Å². The van der Waals surface area contributed by atoms with Crippen LogP contribution in [-0.2, 0) is 17.1 Å². The van der Waals surface area contributed by atoms with Gasteiger partial charge in [-0.25, -0.2) is 4.79 Å². The summed E-state index contributed by atoms with van der Waals surface area (Å²) < 4.78 is 74.9. The molecule has 0 amide bonds. The van der Waals surface area contributed by atoms with Crippen molar-refractivity contribution in [1.29, 1.82) is 0 Å². The Bertz CT molecular complexity index is 515. The van der Waals surface area contributed by atoms with Crippen LogP contribution >= 0.6 is 15.9 Å². The standard InChI is InChI=1S/C9H2BrF6NO/c10-4-1-2-5(17-3-18)7(9(14,15)16)6(4)8(11,12)13/h1-2H. The third kappa shape index (κ3) is 2.91. The molecule has 0 unspecified atom stereocenters. The van der Waals surface area contributed by atoms with E-state index in [4.69, 9.17) is 0 Å². The van der Waals surface area contributed by atoms with Crippen molar-refractivity contribution in [1.82, 2.24) is 0 Å². The summed E-state index contributed by atoms with van der Waals surface area (Å²) in [5.41, 5.74) is -5.08. The molecule has 0 aliphatic carbocycles. The molecule has 0 heterocycles. The zero-order valence-corrected chi connectivity index (χ0v) is 9.74. The number of carbonyl (C=O) groups excluding carboxylic acids is 1. The van der Waals surface area contributed by atoms with Gasteiger partial charge in [0.05, 0.1) is 16.8 Å². The Kier molecular flexibility index (Phi) is 3.87. The Morgan fingerprint density at radius 1 is 1.00 bits per heavy atom. The number of isocyanates is 1. The van der Waals surface area contributed by atoms with E-state index >= 15 is 0 Å². The topological polar surface area (TPSA) is 29.4 Å². The van der Waals surface area contributed by atoms with E-state index in [1.165, 1.54) is 0 Å². The zero-order chi connectivity index (χ0) is 14.1. The molecule has 0 bridgehead atoms. The van der Waals surface area contributed by atoms with Crippen LogP contribution < -0.4 is 0 Å². The first kappa shape index (κ1) is 14.7. The highest BCUT2D eigenvalue weighted by Crippen LogP contribution is 2.47. The highest BCUT2D eigenvalue weighted by atomic mass is 79.9. The van der Waals surface area contributed by atoms with Gasteiger partial charge in [0, 0.05) is 4.47 Å². The molecule has 0 fully saturated rings. The van der Waals surface area contributed by atoms with Crippen LogP contribution in [0.4, 0.5) is 32.0 Å². The minimum atomic E-state index is -5.30. The molecule has 2 nitrogen and oxygen atoms in total. The maximum absolute atomic E-state index is 12.6. The van der Waals surface area contributed by atoms with Crippen LogP contribution in [0.1, 0.15) is 11.1 Å². The Morgan fingerprint density at radius 3 is 1.89 bits per heavy atom. The van der Waals surface area contributed by atoms with Crippen LogP contribution in [0.5, 0.6) is 0 Å². The van der Waals surface area contributed by atoms with Gasteiger partial charge in [-0.1, -0.05) is 15.9 Å². The minimum absolute atomic E-state index is 0.646. The second-order valence-corrected chi connectivity index (χ2v) is 3.87. The first-order chi connectivity index (χ1) is 8.09. The van der Waals surface area contributed by atoms with Gasteiger partial charge < -0.3 is 0 Å². The number of halogens is 7. The monoisotopic (exact) mass is 333 g/mol. The number of hydrogen-bond acceptors (Lipinski definition) is 2. The molecule has 0 radical (unpaired) electrons. The molecule has 18 heavy (non-hydrogen) atoms. The van der Waals surface area contributed by atoms with Gasteiger partial charge in [-0.2, -0.15) is 31.3 Å². The Morgan fingerprint density at radius 2 is 1.50 bits per heavy atom. The van der Waals surface area contributed by atoms with Crippen molar-refractivity contribution in [2.75, 3.05) is 0 Å². The summed E-state index contributed by atoms with van der Waals surface area (Å²) in [5.74, 6) is 0. The van der Waals surface area contributed by atoms with Crippen LogP contribution in [0, 0.1) is 0 Å².